The molecular weight excluding hydrogens is 316 g/mol. The van der Waals surface area contributed by atoms with E-state index in [-0.39, 0.29) is 23.7 Å². The lowest BCUT2D eigenvalue weighted by atomic mass is 9.78. The van der Waals surface area contributed by atoms with Crippen molar-refractivity contribution in [3.8, 4) is 0 Å². The van der Waals surface area contributed by atoms with Gasteiger partial charge in [-0.15, -0.1) is 0 Å². The number of carbonyl (C=O) groups is 2. The first-order valence-electron chi connectivity index (χ1n) is 9.71. The molecule has 6 heteroatoms. The van der Waals surface area contributed by atoms with Gasteiger partial charge in [0.05, 0.1) is 6.20 Å². The van der Waals surface area contributed by atoms with Gasteiger partial charge in [0.1, 0.15) is 0 Å². The summed E-state index contributed by atoms with van der Waals surface area (Å²) in [4.78, 5) is 27.4. The molecule has 138 valence electrons. The average molecular weight is 346 g/mol. The van der Waals surface area contributed by atoms with E-state index in [1.165, 1.54) is 0 Å². The van der Waals surface area contributed by atoms with E-state index in [0.717, 1.165) is 70.1 Å². The summed E-state index contributed by atoms with van der Waals surface area (Å²) in [5.41, 5.74) is 1.15. The second-order valence-corrected chi connectivity index (χ2v) is 7.46. The molecule has 25 heavy (non-hydrogen) atoms. The Morgan fingerprint density at radius 2 is 1.88 bits per heavy atom. The van der Waals surface area contributed by atoms with Crippen LogP contribution in [0.5, 0.6) is 0 Å². The maximum Gasteiger partial charge on any atom is 0.226 e. The lowest BCUT2D eigenvalue weighted by Crippen LogP contribution is -2.44. The molecule has 6 nitrogen and oxygen atoms in total. The molecule has 1 N–H and O–H groups in total. The standard InChI is InChI=1S/C19H30N4O2/c1-15-13-21-23(14-15)12-6-9-20-18(24)16-7-2-3-8-17(16)19(25)22-10-4-5-11-22/h13-14,16-17H,2-12H2,1H3,(H,20,24). The Bertz CT molecular complexity index is 592. The summed E-state index contributed by atoms with van der Waals surface area (Å²) in [6.07, 6.45) is 10.7. The van der Waals surface area contributed by atoms with E-state index in [1.54, 1.807) is 0 Å². The molecule has 0 aromatic carbocycles. The first kappa shape index (κ1) is 18.0. The van der Waals surface area contributed by atoms with Gasteiger partial charge in [-0.05, 0) is 44.6 Å². The van der Waals surface area contributed by atoms with E-state index in [2.05, 4.69) is 10.4 Å². The molecule has 0 bridgehead atoms. The number of hydrogen-bond donors (Lipinski definition) is 1. The fourth-order valence-corrected chi connectivity index (χ4v) is 4.09. The van der Waals surface area contributed by atoms with Crippen LogP contribution in [0.25, 0.3) is 0 Å². The number of carbonyl (C=O) groups excluding carboxylic acids is 2. The van der Waals surface area contributed by atoms with E-state index in [1.807, 2.05) is 28.9 Å². The molecule has 1 saturated carbocycles. The summed E-state index contributed by atoms with van der Waals surface area (Å²) in [6.45, 7) is 5.19. The van der Waals surface area contributed by atoms with Crippen molar-refractivity contribution in [3.63, 3.8) is 0 Å². The van der Waals surface area contributed by atoms with Gasteiger partial charge in [-0.25, -0.2) is 0 Å². The predicted octanol–water partition coefficient (Wildman–Crippen LogP) is 2.13. The van der Waals surface area contributed by atoms with Crippen LogP contribution in [-0.2, 0) is 16.1 Å². The highest BCUT2D eigenvalue weighted by atomic mass is 16.2. The SMILES string of the molecule is Cc1cnn(CCCNC(=O)C2CCCCC2C(=O)N2CCCC2)c1. The first-order valence-corrected chi connectivity index (χ1v) is 9.71. The van der Waals surface area contributed by atoms with Crippen LogP contribution < -0.4 is 5.32 Å². The van der Waals surface area contributed by atoms with Gasteiger partial charge < -0.3 is 10.2 Å². The lowest BCUT2D eigenvalue weighted by molar-refractivity contribution is -0.142. The minimum atomic E-state index is -0.145. The van der Waals surface area contributed by atoms with Gasteiger partial charge in [0.2, 0.25) is 11.8 Å². The topological polar surface area (TPSA) is 67.2 Å². The highest BCUT2D eigenvalue weighted by Crippen LogP contribution is 2.32. The molecule has 0 spiro atoms. The molecule has 2 aliphatic rings. The van der Waals surface area contributed by atoms with Crippen molar-refractivity contribution in [3.05, 3.63) is 18.0 Å². The van der Waals surface area contributed by atoms with Gasteiger partial charge in [0.25, 0.3) is 0 Å². The van der Waals surface area contributed by atoms with Crippen LogP contribution in [0.4, 0.5) is 0 Å². The smallest absolute Gasteiger partial charge is 0.226 e. The van der Waals surface area contributed by atoms with Crippen LogP contribution in [-0.4, -0.2) is 46.1 Å². The third-order valence-corrected chi connectivity index (χ3v) is 5.46. The zero-order chi connectivity index (χ0) is 17.6. The summed E-state index contributed by atoms with van der Waals surface area (Å²) in [5.74, 6) is 0.0210. The molecule has 2 heterocycles. The summed E-state index contributed by atoms with van der Waals surface area (Å²) in [6, 6.07) is 0. The maximum atomic E-state index is 12.8. The van der Waals surface area contributed by atoms with Crippen LogP contribution in [0, 0.1) is 18.8 Å². The fourth-order valence-electron chi connectivity index (χ4n) is 4.09. The van der Waals surface area contributed by atoms with Crippen LogP contribution in [0.15, 0.2) is 12.4 Å². The number of rotatable bonds is 6. The number of aryl methyl sites for hydroxylation is 2. The van der Waals surface area contributed by atoms with Crippen molar-refractivity contribution in [1.82, 2.24) is 20.0 Å². The zero-order valence-electron chi connectivity index (χ0n) is 15.2. The molecular formula is C19H30N4O2. The van der Waals surface area contributed by atoms with E-state index in [4.69, 9.17) is 0 Å². The second-order valence-electron chi connectivity index (χ2n) is 7.46. The highest BCUT2D eigenvalue weighted by Gasteiger charge is 2.38. The van der Waals surface area contributed by atoms with Gasteiger partial charge in [-0.3, -0.25) is 14.3 Å². The van der Waals surface area contributed by atoms with Crippen molar-refractivity contribution in [2.24, 2.45) is 11.8 Å². The van der Waals surface area contributed by atoms with Crippen LogP contribution in [0.2, 0.25) is 0 Å². The predicted molar refractivity (Wildman–Crippen MR) is 95.9 cm³/mol. The van der Waals surface area contributed by atoms with Gasteiger partial charge in [-0.2, -0.15) is 5.10 Å². The Hall–Kier alpha value is -1.85. The molecule has 1 aromatic heterocycles. The van der Waals surface area contributed by atoms with E-state index in [9.17, 15) is 9.59 Å². The number of hydrogen-bond acceptors (Lipinski definition) is 3. The van der Waals surface area contributed by atoms with Crippen molar-refractivity contribution in [1.29, 1.82) is 0 Å². The number of aromatic nitrogens is 2. The second kappa shape index (κ2) is 8.50. The van der Waals surface area contributed by atoms with Crippen LogP contribution >= 0.6 is 0 Å². The highest BCUT2D eigenvalue weighted by molar-refractivity contribution is 5.88. The van der Waals surface area contributed by atoms with Crippen molar-refractivity contribution in [2.75, 3.05) is 19.6 Å². The van der Waals surface area contributed by atoms with Crippen molar-refractivity contribution in [2.45, 2.75) is 58.4 Å². The van der Waals surface area contributed by atoms with Crippen LogP contribution in [0.1, 0.15) is 50.5 Å². The van der Waals surface area contributed by atoms with E-state index in [0.29, 0.717) is 6.54 Å². The Labute approximate surface area is 149 Å². The lowest BCUT2D eigenvalue weighted by Gasteiger charge is -2.32. The summed E-state index contributed by atoms with van der Waals surface area (Å²) in [5, 5.41) is 7.31. The average Bonchev–Trinajstić information content (AvgIpc) is 3.30. The minimum Gasteiger partial charge on any atom is -0.356 e. The Morgan fingerprint density at radius 1 is 1.16 bits per heavy atom. The Balaban J connectivity index is 1.47. The molecule has 1 aliphatic carbocycles. The monoisotopic (exact) mass is 346 g/mol. The minimum absolute atomic E-state index is 0.0638. The zero-order valence-corrected chi connectivity index (χ0v) is 15.2. The summed E-state index contributed by atoms with van der Waals surface area (Å²) >= 11 is 0. The molecule has 1 aliphatic heterocycles. The number of amides is 2. The van der Waals surface area contributed by atoms with Gasteiger partial charge in [-0.1, -0.05) is 12.8 Å². The number of nitrogens with zero attached hydrogens (tertiary/aromatic N) is 3. The normalized spacial score (nSPS) is 23.6. The molecule has 2 atom stereocenters. The molecule has 3 rings (SSSR count). The molecule has 1 aromatic rings. The largest absolute Gasteiger partial charge is 0.356 e. The third-order valence-electron chi connectivity index (χ3n) is 5.46. The maximum absolute atomic E-state index is 12.8. The van der Waals surface area contributed by atoms with Crippen molar-refractivity contribution >= 4 is 11.8 Å². The Kier molecular flexibility index (Phi) is 6.10. The fraction of sp³-hybridized carbons (Fsp3) is 0.737. The van der Waals surface area contributed by atoms with Crippen LogP contribution in [0.3, 0.4) is 0 Å². The van der Waals surface area contributed by atoms with E-state index < -0.39 is 0 Å². The third kappa shape index (κ3) is 4.61. The van der Waals surface area contributed by atoms with Gasteiger partial charge >= 0.3 is 0 Å². The molecule has 0 radical (unpaired) electrons. The van der Waals surface area contributed by atoms with Gasteiger partial charge in [0, 0.05) is 44.2 Å². The van der Waals surface area contributed by atoms with Crippen molar-refractivity contribution < 1.29 is 9.59 Å². The molecule has 2 unspecified atom stereocenters. The quantitative estimate of drug-likeness (QED) is 0.803. The first-order chi connectivity index (χ1) is 12.1. The van der Waals surface area contributed by atoms with Gasteiger partial charge in [0.15, 0.2) is 0 Å². The Morgan fingerprint density at radius 3 is 2.56 bits per heavy atom. The number of likely N-dealkylation sites (tertiary alicyclic amines) is 1. The number of nitrogens with one attached hydrogen (secondary N) is 1. The summed E-state index contributed by atoms with van der Waals surface area (Å²) < 4.78 is 1.90. The molecule has 2 fully saturated rings. The summed E-state index contributed by atoms with van der Waals surface area (Å²) in [7, 11) is 0. The van der Waals surface area contributed by atoms with E-state index >= 15 is 0 Å². The molecule has 1 saturated heterocycles. The molecule has 2 amide bonds.